The van der Waals surface area contributed by atoms with Crippen LogP contribution in [0.15, 0.2) is 108 Å². The Balaban J connectivity index is 1.17. The largest absolute Gasteiger partial charge is 0.488 e. The van der Waals surface area contributed by atoms with Crippen molar-refractivity contribution in [3.8, 4) is 5.75 Å². The van der Waals surface area contributed by atoms with E-state index in [1.54, 1.807) is 6.07 Å². The summed E-state index contributed by atoms with van der Waals surface area (Å²) in [6.07, 6.45) is 7.63. The third-order valence-corrected chi connectivity index (χ3v) is 7.78. The fourth-order valence-corrected chi connectivity index (χ4v) is 5.76. The van der Waals surface area contributed by atoms with Gasteiger partial charge in [0, 0.05) is 39.0 Å². The van der Waals surface area contributed by atoms with Gasteiger partial charge >= 0.3 is 0 Å². The highest BCUT2D eigenvalue weighted by molar-refractivity contribution is 6.35. The van der Waals surface area contributed by atoms with E-state index >= 15 is 0 Å². The summed E-state index contributed by atoms with van der Waals surface area (Å²) >= 11 is 12.3. The molecule has 37 heavy (non-hydrogen) atoms. The van der Waals surface area contributed by atoms with Crippen molar-refractivity contribution >= 4 is 40.8 Å². The lowest BCUT2D eigenvalue weighted by Gasteiger charge is -2.37. The summed E-state index contributed by atoms with van der Waals surface area (Å²) in [6, 6.07) is 30.8. The van der Waals surface area contributed by atoms with Crippen LogP contribution in [0.3, 0.4) is 0 Å². The van der Waals surface area contributed by atoms with Crippen LogP contribution in [0.5, 0.6) is 5.75 Å². The van der Waals surface area contributed by atoms with E-state index in [-0.39, 0.29) is 6.04 Å². The molecule has 4 aromatic rings. The SMILES string of the molecule is Clc1ccc(COc2ccccc2C=Nc2ccc([C@@H]3Nc4ccccc4[C@H]4C=CC[C@@H]43)cc2)c(Cl)c1. The maximum atomic E-state index is 6.30. The van der Waals surface area contributed by atoms with Gasteiger partial charge in [-0.05, 0) is 65.9 Å². The summed E-state index contributed by atoms with van der Waals surface area (Å²) in [5.74, 6) is 1.75. The first kappa shape index (κ1) is 23.8. The normalized spacial score (nSPS) is 19.9. The summed E-state index contributed by atoms with van der Waals surface area (Å²) < 4.78 is 6.07. The minimum absolute atomic E-state index is 0.279. The second-order valence-corrected chi connectivity index (χ2v) is 10.3. The number of hydrogen-bond acceptors (Lipinski definition) is 3. The molecule has 1 aliphatic heterocycles. The van der Waals surface area contributed by atoms with Gasteiger partial charge in [0.25, 0.3) is 0 Å². The van der Waals surface area contributed by atoms with Crippen LogP contribution >= 0.6 is 23.2 Å². The van der Waals surface area contributed by atoms with Crippen molar-refractivity contribution in [1.29, 1.82) is 0 Å². The topological polar surface area (TPSA) is 33.6 Å². The van der Waals surface area contributed by atoms with Gasteiger partial charge in [0.2, 0.25) is 0 Å². The summed E-state index contributed by atoms with van der Waals surface area (Å²) in [4.78, 5) is 4.73. The number of nitrogens with zero attached hydrogens (tertiary/aromatic N) is 1. The number of para-hydroxylation sites is 2. The fourth-order valence-electron chi connectivity index (χ4n) is 5.30. The summed E-state index contributed by atoms with van der Waals surface area (Å²) in [5, 5.41) is 4.99. The van der Waals surface area contributed by atoms with Crippen molar-refractivity contribution in [2.24, 2.45) is 10.9 Å². The summed E-state index contributed by atoms with van der Waals surface area (Å²) in [7, 11) is 0. The molecule has 0 saturated carbocycles. The predicted molar refractivity (Wildman–Crippen MR) is 154 cm³/mol. The van der Waals surface area contributed by atoms with Gasteiger partial charge in [-0.3, -0.25) is 4.99 Å². The van der Waals surface area contributed by atoms with Gasteiger partial charge < -0.3 is 10.1 Å². The Morgan fingerprint density at radius 1 is 0.919 bits per heavy atom. The van der Waals surface area contributed by atoms with Gasteiger partial charge in [-0.1, -0.05) is 83.9 Å². The lowest BCUT2D eigenvalue weighted by molar-refractivity contribution is 0.306. The molecule has 0 radical (unpaired) electrons. The average molecular weight is 525 g/mol. The Morgan fingerprint density at radius 3 is 2.59 bits per heavy atom. The van der Waals surface area contributed by atoms with Crippen LogP contribution in [-0.2, 0) is 6.61 Å². The number of halogens is 2. The molecule has 3 nitrogen and oxygen atoms in total. The van der Waals surface area contributed by atoms with Crippen LogP contribution in [0.2, 0.25) is 10.0 Å². The molecule has 3 atom stereocenters. The lowest BCUT2D eigenvalue weighted by atomic mass is 9.77. The third kappa shape index (κ3) is 5.02. The van der Waals surface area contributed by atoms with Gasteiger partial charge in [-0.15, -0.1) is 0 Å². The van der Waals surface area contributed by atoms with Crippen LogP contribution in [-0.4, -0.2) is 6.21 Å². The monoisotopic (exact) mass is 524 g/mol. The maximum absolute atomic E-state index is 6.30. The number of benzene rings is 4. The van der Waals surface area contributed by atoms with Crippen molar-refractivity contribution in [2.45, 2.75) is 25.0 Å². The van der Waals surface area contributed by atoms with E-state index in [1.807, 2.05) is 42.6 Å². The van der Waals surface area contributed by atoms with Gasteiger partial charge in [0.15, 0.2) is 0 Å². The van der Waals surface area contributed by atoms with E-state index in [4.69, 9.17) is 32.9 Å². The molecule has 0 aromatic heterocycles. The van der Waals surface area contributed by atoms with Crippen molar-refractivity contribution in [1.82, 2.24) is 0 Å². The number of allylic oxidation sites excluding steroid dienone is 2. The second kappa shape index (κ2) is 10.5. The molecule has 4 aromatic carbocycles. The van der Waals surface area contributed by atoms with Crippen molar-refractivity contribution in [3.63, 3.8) is 0 Å². The summed E-state index contributed by atoms with van der Waals surface area (Å²) in [6.45, 7) is 0.351. The maximum Gasteiger partial charge on any atom is 0.128 e. The molecule has 0 fully saturated rings. The molecule has 5 heteroatoms. The highest BCUT2D eigenvalue weighted by atomic mass is 35.5. The average Bonchev–Trinajstić information content (AvgIpc) is 3.42. The Kier molecular flexibility index (Phi) is 6.73. The molecule has 0 saturated heterocycles. The van der Waals surface area contributed by atoms with Crippen LogP contribution in [0.4, 0.5) is 11.4 Å². The van der Waals surface area contributed by atoms with Crippen molar-refractivity contribution in [2.75, 3.05) is 5.32 Å². The molecule has 184 valence electrons. The zero-order valence-electron chi connectivity index (χ0n) is 20.1. The van der Waals surface area contributed by atoms with Crippen LogP contribution in [0.1, 0.15) is 40.6 Å². The van der Waals surface area contributed by atoms with Crippen LogP contribution < -0.4 is 10.1 Å². The number of anilines is 1. The Labute approximate surface area is 227 Å². The molecule has 1 N–H and O–H groups in total. The van der Waals surface area contributed by atoms with E-state index in [0.717, 1.165) is 29.0 Å². The van der Waals surface area contributed by atoms with E-state index in [1.165, 1.54) is 16.8 Å². The molecule has 1 aliphatic carbocycles. The molecule has 6 rings (SSSR count). The van der Waals surface area contributed by atoms with E-state index < -0.39 is 0 Å². The molecule has 1 heterocycles. The number of ether oxygens (including phenoxy) is 1. The number of rotatable bonds is 6. The number of fused-ring (bicyclic) bond motifs is 3. The van der Waals surface area contributed by atoms with E-state index in [2.05, 4.69) is 66.0 Å². The molecule has 0 amide bonds. The van der Waals surface area contributed by atoms with Crippen LogP contribution in [0.25, 0.3) is 0 Å². The van der Waals surface area contributed by atoms with E-state index in [0.29, 0.717) is 28.5 Å². The molecule has 0 unspecified atom stereocenters. The molecule has 2 aliphatic rings. The quantitative estimate of drug-likeness (QED) is 0.201. The van der Waals surface area contributed by atoms with Gasteiger partial charge in [-0.25, -0.2) is 0 Å². The zero-order chi connectivity index (χ0) is 25.2. The molecular formula is C32H26Cl2N2O. The smallest absolute Gasteiger partial charge is 0.128 e. The predicted octanol–water partition coefficient (Wildman–Crippen LogP) is 9.15. The Hall–Kier alpha value is -3.53. The minimum Gasteiger partial charge on any atom is -0.488 e. The van der Waals surface area contributed by atoms with Gasteiger partial charge in [-0.2, -0.15) is 0 Å². The van der Waals surface area contributed by atoms with E-state index in [9.17, 15) is 0 Å². The lowest BCUT2D eigenvalue weighted by Crippen LogP contribution is -2.28. The minimum atomic E-state index is 0.279. The molecule has 0 spiro atoms. The van der Waals surface area contributed by atoms with Crippen LogP contribution in [0, 0.1) is 5.92 Å². The summed E-state index contributed by atoms with van der Waals surface area (Å²) in [5.41, 5.74) is 6.61. The Morgan fingerprint density at radius 2 is 1.73 bits per heavy atom. The number of hydrogen-bond donors (Lipinski definition) is 1. The second-order valence-electron chi connectivity index (χ2n) is 9.47. The van der Waals surface area contributed by atoms with Crippen molar-refractivity contribution in [3.05, 3.63) is 135 Å². The van der Waals surface area contributed by atoms with Crippen molar-refractivity contribution < 1.29 is 4.74 Å². The number of aliphatic imine (C=N–C) groups is 1. The zero-order valence-corrected chi connectivity index (χ0v) is 21.7. The first-order valence-corrected chi connectivity index (χ1v) is 13.2. The highest BCUT2D eigenvalue weighted by Gasteiger charge is 2.37. The first-order valence-electron chi connectivity index (χ1n) is 12.5. The van der Waals surface area contributed by atoms with Gasteiger partial charge in [0.05, 0.1) is 11.7 Å². The third-order valence-electron chi connectivity index (χ3n) is 7.19. The highest BCUT2D eigenvalue weighted by Crippen LogP contribution is 2.49. The fraction of sp³-hybridized carbons (Fsp3) is 0.156. The standard InChI is InChI=1S/C32H26Cl2N2O/c33-24-15-12-23(29(34)18-24)20-37-31-11-4-1-6-22(31)19-35-25-16-13-21(14-17-25)32-28-9-5-8-26(28)27-7-2-3-10-30(27)36-32/h1-8,10-19,26,28,32,36H,9,20H2/t26-,28+,32+/m1/s1. The number of nitrogens with one attached hydrogen (secondary N) is 1. The molecule has 0 bridgehead atoms. The molecular weight excluding hydrogens is 499 g/mol. The first-order chi connectivity index (χ1) is 18.2. The Bertz CT molecular complexity index is 1480. The van der Waals surface area contributed by atoms with Gasteiger partial charge in [0.1, 0.15) is 12.4 Å².